The van der Waals surface area contributed by atoms with E-state index in [1.165, 1.54) is 0 Å². The molecule has 0 radical (unpaired) electrons. The SMILES string of the molecule is CCC(CC)CNS(=O)(=O)c1ccccc1C. The van der Waals surface area contributed by atoms with Gasteiger partial charge in [0.15, 0.2) is 0 Å². The van der Waals surface area contributed by atoms with E-state index >= 15 is 0 Å². The van der Waals surface area contributed by atoms with E-state index in [2.05, 4.69) is 18.6 Å². The molecule has 17 heavy (non-hydrogen) atoms. The van der Waals surface area contributed by atoms with Gasteiger partial charge >= 0.3 is 0 Å². The van der Waals surface area contributed by atoms with E-state index in [0.29, 0.717) is 17.4 Å². The molecule has 4 heteroatoms. The van der Waals surface area contributed by atoms with Crippen LogP contribution >= 0.6 is 0 Å². The lowest BCUT2D eigenvalue weighted by atomic mass is 10.0. The Balaban J connectivity index is 2.80. The van der Waals surface area contributed by atoms with Gasteiger partial charge in [0.25, 0.3) is 0 Å². The van der Waals surface area contributed by atoms with Crippen molar-refractivity contribution in [1.82, 2.24) is 4.72 Å². The van der Waals surface area contributed by atoms with E-state index in [9.17, 15) is 8.42 Å². The number of benzene rings is 1. The molecule has 3 nitrogen and oxygen atoms in total. The first-order valence-corrected chi connectivity index (χ1v) is 7.54. The van der Waals surface area contributed by atoms with E-state index in [1.807, 2.05) is 19.1 Å². The lowest BCUT2D eigenvalue weighted by Crippen LogP contribution is -2.29. The van der Waals surface area contributed by atoms with Crippen molar-refractivity contribution in [2.75, 3.05) is 6.54 Å². The summed E-state index contributed by atoms with van der Waals surface area (Å²) in [6, 6.07) is 7.05. The molecule has 0 bridgehead atoms. The lowest BCUT2D eigenvalue weighted by molar-refractivity contribution is 0.479. The zero-order valence-electron chi connectivity index (χ0n) is 10.7. The monoisotopic (exact) mass is 255 g/mol. The average molecular weight is 255 g/mol. The van der Waals surface area contributed by atoms with Crippen molar-refractivity contribution in [3.8, 4) is 0 Å². The third-order valence-corrected chi connectivity index (χ3v) is 4.68. The molecule has 0 atom stereocenters. The molecule has 0 aromatic heterocycles. The van der Waals surface area contributed by atoms with Crippen LogP contribution in [0.5, 0.6) is 0 Å². The Morgan fingerprint density at radius 1 is 1.18 bits per heavy atom. The second-order valence-electron chi connectivity index (χ2n) is 4.30. The van der Waals surface area contributed by atoms with Gasteiger partial charge in [-0.05, 0) is 24.5 Å². The van der Waals surface area contributed by atoms with Gasteiger partial charge in [0.2, 0.25) is 10.0 Å². The van der Waals surface area contributed by atoms with Crippen molar-refractivity contribution >= 4 is 10.0 Å². The Bertz CT molecular complexity index is 450. The minimum atomic E-state index is -3.36. The first-order chi connectivity index (χ1) is 8.01. The van der Waals surface area contributed by atoms with Crippen LogP contribution in [0.25, 0.3) is 0 Å². The molecule has 96 valence electrons. The van der Waals surface area contributed by atoms with Gasteiger partial charge in [0.05, 0.1) is 4.90 Å². The molecule has 1 N–H and O–H groups in total. The highest BCUT2D eigenvalue weighted by molar-refractivity contribution is 7.89. The van der Waals surface area contributed by atoms with Crippen LogP contribution in [-0.4, -0.2) is 15.0 Å². The molecule has 0 saturated heterocycles. The largest absolute Gasteiger partial charge is 0.240 e. The van der Waals surface area contributed by atoms with Gasteiger partial charge in [-0.25, -0.2) is 13.1 Å². The molecular weight excluding hydrogens is 234 g/mol. The van der Waals surface area contributed by atoms with E-state index in [1.54, 1.807) is 12.1 Å². The van der Waals surface area contributed by atoms with Crippen LogP contribution in [-0.2, 0) is 10.0 Å². The summed E-state index contributed by atoms with van der Waals surface area (Å²) in [5.41, 5.74) is 0.782. The first-order valence-electron chi connectivity index (χ1n) is 6.06. The van der Waals surface area contributed by atoms with Crippen LogP contribution < -0.4 is 4.72 Å². The zero-order chi connectivity index (χ0) is 12.9. The minimum absolute atomic E-state index is 0.381. The Hall–Kier alpha value is -0.870. The van der Waals surface area contributed by atoms with Gasteiger partial charge < -0.3 is 0 Å². The Morgan fingerprint density at radius 3 is 2.29 bits per heavy atom. The molecule has 0 aliphatic rings. The summed E-state index contributed by atoms with van der Waals surface area (Å²) >= 11 is 0. The average Bonchev–Trinajstić information content (AvgIpc) is 2.30. The van der Waals surface area contributed by atoms with Gasteiger partial charge in [0.1, 0.15) is 0 Å². The Kier molecular flexibility index (Phi) is 5.15. The lowest BCUT2D eigenvalue weighted by Gasteiger charge is -2.14. The summed E-state index contributed by atoms with van der Waals surface area (Å²) in [5, 5.41) is 0. The fourth-order valence-corrected chi connectivity index (χ4v) is 3.10. The zero-order valence-corrected chi connectivity index (χ0v) is 11.5. The van der Waals surface area contributed by atoms with Gasteiger partial charge in [-0.3, -0.25) is 0 Å². The van der Waals surface area contributed by atoms with Crippen LogP contribution in [0, 0.1) is 12.8 Å². The molecule has 1 aromatic carbocycles. The molecule has 0 unspecified atom stereocenters. The highest BCUT2D eigenvalue weighted by Gasteiger charge is 2.17. The minimum Gasteiger partial charge on any atom is -0.211 e. The number of aryl methyl sites for hydroxylation is 1. The van der Waals surface area contributed by atoms with Gasteiger partial charge in [-0.1, -0.05) is 44.9 Å². The first kappa shape index (κ1) is 14.2. The van der Waals surface area contributed by atoms with Crippen molar-refractivity contribution in [3.63, 3.8) is 0 Å². The van der Waals surface area contributed by atoms with Crippen molar-refractivity contribution in [3.05, 3.63) is 29.8 Å². The number of sulfonamides is 1. The number of hydrogen-bond acceptors (Lipinski definition) is 2. The molecule has 0 heterocycles. The topological polar surface area (TPSA) is 46.2 Å². The summed E-state index contributed by atoms with van der Waals surface area (Å²) in [4.78, 5) is 0.381. The molecule has 1 aromatic rings. The predicted octanol–water partition coefficient (Wildman–Crippen LogP) is 2.71. The van der Waals surface area contributed by atoms with Crippen LogP contribution in [0.1, 0.15) is 32.3 Å². The van der Waals surface area contributed by atoms with Gasteiger partial charge in [-0.2, -0.15) is 0 Å². The third-order valence-electron chi connectivity index (χ3n) is 3.10. The Morgan fingerprint density at radius 2 is 1.76 bits per heavy atom. The molecule has 0 fully saturated rings. The van der Waals surface area contributed by atoms with E-state index in [-0.39, 0.29) is 0 Å². The summed E-state index contributed by atoms with van der Waals surface area (Å²) < 4.78 is 26.8. The smallest absolute Gasteiger partial charge is 0.211 e. The predicted molar refractivity (Wildman–Crippen MR) is 70.4 cm³/mol. The fraction of sp³-hybridized carbons (Fsp3) is 0.538. The second-order valence-corrected chi connectivity index (χ2v) is 6.04. The number of hydrogen-bond donors (Lipinski definition) is 1. The summed E-state index contributed by atoms with van der Waals surface area (Å²) in [6.45, 7) is 6.49. The third kappa shape index (κ3) is 3.82. The molecular formula is C13H21NO2S. The molecule has 0 aliphatic carbocycles. The summed E-state index contributed by atoms with van der Waals surface area (Å²) in [7, 11) is -3.36. The van der Waals surface area contributed by atoms with E-state index < -0.39 is 10.0 Å². The molecule has 0 saturated carbocycles. The van der Waals surface area contributed by atoms with Gasteiger partial charge in [0, 0.05) is 6.54 Å². The fourth-order valence-electron chi connectivity index (χ4n) is 1.74. The van der Waals surface area contributed by atoms with Gasteiger partial charge in [-0.15, -0.1) is 0 Å². The highest BCUT2D eigenvalue weighted by Crippen LogP contribution is 2.14. The number of rotatable bonds is 6. The second kappa shape index (κ2) is 6.17. The van der Waals surface area contributed by atoms with E-state index in [4.69, 9.17) is 0 Å². The molecule has 0 spiro atoms. The molecule has 0 amide bonds. The maximum atomic E-state index is 12.1. The van der Waals surface area contributed by atoms with E-state index in [0.717, 1.165) is 18.4 Å². The highest BCUT2D eigenvalue weighted by atomic mass is 32.2. The number of nitrogens with one attached hydrogen (secondary N) is 1. The van der Waals surface area contributed by atoms with Crippen LogP contribution in [0.3, 0.4) is 0 Å². The quantitative estimate of drug-likeness (QED) is 0.849. The summed E-state index contributed by atoms with van der Waals surface area (Å²) in [5.74, 6) is 0.411. The van der Waals surface area contributed by atoms with Crippen molar-refractivity contribution in [2.24, 2.45) is 5.92 Å². The van der Waals surface area contributed by atoms with Crippen molar-refractivity contribution in [1.29, 1.82) is 0 Å². The normalized spacial score (nSPS) is 12.0. The maximum absolute atomic E-state index is 12.1. The Labute approximate surface area is 104 Å². The molecule has 0 aliphatic heterocycles. The summed E-state index contributed by atoms with van der Waals surface area (Å²) in [6.07, 6.45) is 1.99. The van der Waals surface area contributed by atoms with Crippen LogP contribution in [0.15, 0.2) is 29.2 Å². The van der Waals surface area contributed by atoms with Crippen LogP contribution in [0.2, 0.25) is 0 Å². The van der Waals surface area contributed by atoms with Crippen molar-refractivity contribution < 1.29 is 8.42 Å². The van der Waals surface area contributed by atoms with Crippen molar-refractivity contribution in [2.45, 2.75) is 38.5 Å². The standard InChI is InChI=1S/C13H21NO2S/c1-4-12(5-2)10-14-17(15,16)13-9-7-6-8-11(13)3/h6-9,12,14H,4-5,10H2,1-3H3. The molecule has 1 rings (SSSR count). The maximum Gasteiger partial charge on any atom is 0.240 e. The van der Waals surface area contributed by atoms with Crippen LogP contribution in [0.4, 0.5) is 0 Å².